The van der Waals surface area contributed by atoms with Crippen LogP contribution in [0.4, 0.5) is 13.2 Å². The second kappa shape index (κ2) is 5.65. The summed E-state index contributed by atoms with van der Waals surface area (Å²) >= 11 is 1.73. The first-order valence-corrected chi connectivity index (χ1v) is 6.76. The Morgan fingerprint density at radius 3 is 2.50 bits per heavy atom. The number of carbonyl (C=O) groups is 1. The number of carbonyl (C=O) groups excluding carboxylic acids is 1. The molecule has 0 aliphatic carbocycles. The van der Waals surface area contributed by atoms with E-state index in [2.05, 4.69) is 5.32 Å². The van der Waals surface area contributed by atoms with Gasteiger partial charge in [0.2, 0.25) is 0 Å². The van der Waals surface area contributed by atoms with Crippen molar-refractivity contribution < 1.29 is 18.0 Å². The van der Waals surface area contributed by atoms with Crippen molar-refractivity contribution in [2.75, 3.05) is 11.5 Å². The molecule has 1 amide bonds. The maximum Gasteiger partial charge on any atom is 0.251 e. The molecule has 1 aromatic carbocycles. The highest BCUT2D eigenvalue weighted by Crippen LogP contribution is 2.18. The summed E-state index contributed by atoms with van der Waals surface area (Å²) in [5.74, 6) is -2.97. The van der Waals surface area contributed by atoms with Gasteiger partial charge in [-0.15, -0.1) is 0 Å². The van der Waals surface area contributed by atoms with Crippen LogP contribution in [-0.2, 0) is 0 Å². The van der Waals surface area contributed by atoms with Crippen molar-refractivity contribution in [3.8, 4) is 0 Å². The van der Waals surface area contributed by atoms with Gasteiger partial charge in [0, 0.05) is 17.4 Å². The maximum atomic E-state index is 13.0. The average Bonchev–Trinajstić information content (AvgIpc) is 2.36. The van der Waals surface area contributed by atoms with Crippen molar-refractivity contribution in [2.24, 2.45) is 0 Å². The van der Waals surface area contributed by atoms with Crippen LogP contribution in [0.2, 0.25) is 0 Å². The molecule has 0 radical (unpaired) electrons. The van der Waals surface area contributed by atoms with Gasteiger partial charge in [-0.1, -0.05) is 0 Å². The van der Waals surface area contributed by atoms with Crippen molar-refractivity contribution in [3.05, 3.63) is 35.1 Å². The molecule has 18 heavy (non-hydrogen) atoms. The molecular formula is C12H12F3NOS. The lowest BCUT2D eigenvalue weighted by atomic mass is 10.1. The number of benzene rings is 1. The Hall–Kier alpha value is -1.17. The first-order chi connectivity index (χ1) is 8.58. The largest absolute Gasteiger partial charge is 0.348 e. The van der Waals surface area contributed by atoms with E-state index in [0.717, 1.165) is 24.3 Å². The van der Waals surface area contributed by atoms with Crippen LogP contribution in [-0.4, -0.2) is 23.5 Å². The zero-order valence-corrected chi connectivity index (χ0v) is 10.3. The molecular weight excluding hydrogens is 263 g/mol. The molecule has 0 aromatic heterocycles. The van der Waals surface area contributed by atoms with E-state index in [1.165, 1.54) is 0 Å². The predicted molar refractivity (Wildman–Crippen MR) is 64.1 cm³/mol. The Labute approximate surface area is 107 Å². The molecule has 0 spiro atoms. The zero-order valence-electron chi connectivity index (χ0n) is 9.51. The average molecular weight is 275 g/mol. The van der Waals surface area contributed by atoms with Crippen LogP contribution in [0, 0.1) is 17.5 Å². The van der Waals surface area contributed by atoms with E-state index < -0.39 is 23.4 Å². The third-order valence-electron chi connectivity index (χ3n) is 2.74. The molecule has 0 saturated carbocycles. The Bertz CT molecular complexity index is 438. The highest BCUT2D eigenvalue weighted by atomic mass is 32.2. The third kappa shape index (κ3) is 2.98. The van der Waals surface area contributed by atoms with Gasteiger partial charge >= 0.3 is 0 Å². The second-order valence-electron chi connectivity index (χ2n) is 4.14. The van der Waals surface area contributed by atoms with Crippen molar-refractivity contribution >= 4 is 17.7 Å². The Kier molecular flexibility index (Phi) is 4.16. The van der Waals surface area contributed by atoms with Gasteiger partial charge in [0.1, 0.15) is 0 Å². The number of thioether (sulfide) groups is 1. The van der Waals surface area contributed by atoms with Gasteiger partial charge < -0.3 is 5.32 Å². The summed E-state index contributed by atoms with van der Waals surface area (Å²) in [6.07, 6.45) is 1.85. The molecule has 1 fully saturated rings. The van der Waals surface area contributed by atoms with Crippen LogP contribution in [0.3, 0.4) is 0 Å². The minimum absolute atomic E-state index is 0.00688. The van der Waals surface area contributed by atoms with Crippen molar-refractivity contribution in [1.29, 1.82) is 0 Å². The van der Waals surface area contributed by atoms with Gasteiger partial charge in [-0.3, -0.25) is 4.79 Å². The Morgan fingerprint density at radius 1 is 1.28 bits per heavy atom. The topological polar surface area (TPSA) is 29.1 Å². The molecule has 1 heterocycles. The molecule has 1 saturated heterocycles. The Morgan fingerprint density at radius 2 is 1.94 bits per heavy atom. The molecule has 1 N–H and O–H groups in total. The lowest BCUT2D eigenvalue weighted by molar-refractivity contribution is 0.0937. The van der Waals surface area contributed by atoms with E-state index in [0.29, 0.717) is 12.1 Å². The first-order valence-electron chi connectivity index (χ1n) is 5.61. The number of hydrogen-bond acceptors (Lipinski definition) is 2. The minimum Gasteiger partial charge on any atom is -0.348 e. The minimum atomic E-state index is -1.56. The van der Waals surface area contributed by atoms with E-state index in [1.807, 2.05) is 0 Å². The SMILES string of the molecule is O=C(NC1CCCSC1)c1cc(F)c(F)c(F)c1. The number of rotatable bonds is 2. The fraction of sp³-hybridized carbons (Fsp3) is 0.417. The van der Waals surface area contributed by atoms with Crippen LogP contribution in [0.25, 0.3) is 0 Å². The molecule has 98 valence electrons. The molecule has 1 aliphatic rings. The van der Waals surface area contributed by atoms with Crippen LogP contribution >= 0.6 is 11.8 Å². The number of hydrogen-bond donors (Lipinski definition) is 1. The van der Waals surface area contributed by atoms with Gasteiger partial charge in [0.15, 0.2) is 17.5 Å². The monoisotopic (exact) mass is 275 g/mol. The molecule has 2 rings (SSSR count). The van der Waals surface area contributed by atoms with Crippen LogP contribution in [0.15, 0.2) is 12.1 Å². The molecule has 6 heteroatoms. The van der Waals surface area contributed by atoms with Gasteiger partial charge in [0.05, 0.1) is 0 Å². The quantitative estimate of drug-likeness (QED) is 0.841. The highest BCUT2D eigenvalue weighted by molar-refractivity contribution is 7.99. The fourth-order valence-electron chi connectivity index (χ4n) is 1.81. The van der Waals surface area contributed by atoms with Crippen molar-refractivity contribution in [3.63, 3.8) is 0 Å². The van der Waals surface area contributed by atoms with Gasteiger partial charge in [-0.05, 0) is 30.7 Å². The Balaban J connectivity index is 2.08. The van der Waals surface area contributed by atoms with Gasteiger partial charge in [-0.2, -0.15) is 11.8 Å². The van der Waals surface area contributed by atoms with E-state index in [1.54, 1.807) is 11.8 Å². The normalized spacial score (nSPS) is 19.6. The number of nitrogens with one attached hydrogen (secondary N) is 1. The van der Waals surface area contributed by atoms with Crippen molar-refractivity contribution in [2.45, 2.75) is 18.9 Å². The zero-order chi connectivity index (χ0) is 13.1. The van der Waals surface area contributed by atoms with Crippen LogP contribution in [0.5, 0.6) is 0 Å². The summed E-state index contributed by atoms with van der Waals surface area (Å²) in [7, 11) is 0. The fourth-order valence-corrected chi connectivity index (χ4v) is 2.88. The smallest absolute Gasteiger partial charge is 0.251 e. The van der Waals surface area contributed by atoms with E-state index in [4.69, 9.17) is 0 Å². The summed E-state index contributed by atoms with van der Waals surface area (Å²) in [6.45, 7) is 0. The summed E-state index contributed by atoms with van der Waals surface area (Å²) in [5.41, 5.74) is -0.193. The third-order valence-corrected chi connectivity index (χ3v) is 3.96. The van der Waals surface area contributed by atoms with E-state index >= 15 is 0 Å². The molecule has 1 aliphatic heterocycles. The lowest BCUT2D eigenvalue weighted by Crippen LogP contribution is -2.38. The first kappa shape index (κ1) is 13.3. The molecule has 2 nitrogen and oxygen atoms in total. The van der Waals surface area contributed by atoms with Gasteiger partial charge in [0.25, 0.3) is 5.91 Å². The van der Waals surface area contributed by atoms with Crippen LogP contribution in [0.1, 0.15) is 23.2 Å². The molecule has 1 unspecified atom stereocenters. The standard InChI is InChI=1S/C12H12F3NOS/c13-9-4-7(5-10(14)11(9)15)12(17)16-8-2-1-3-18-6-8/h4-5,8H,1-3,6H2,(H,16,17). The summed E-state index contributed by atoms with van der Waals surface area (Å²) in [6, 6.07) is 1.43. The lowest BCUT2D eigenvalue weighted by Gasteiger charge is -2.22. The molecule has 1 atom stereocenters. The highest BCUT2D eigenvalue weighted by Gasteiger charge is 2.19. The van der Waals surface area contributed by atoms with Gasteiger partial charge in [-0.25, -0.2) is 13.2 Å². The summed E-state index contributed by atoms with van der Waals surface area (Å²) in [4.78, 5) is 11.8. The number of amides is 1. The predicted octanol–water partition coefficient (Wildman–Crippen LogP) is 2.73. The molecule has 1 aromatic rings. The summed E-state index contributed by atoms with van der Waals surface area (Å²) < 4.78 is 38.7. The number of halogens is 3. The van der Waals surface area contributed by atoms with Crippen molar-refractivity contribution in [1.82, 2.24) is 5.32 Å². The van der Waals surface area contributed by atoms with E-state index in [-0.39, 0.29) is 11.6 Å². The van der Waals surface area contributed by atoms with Crippen LogP contribution < -0.4 is 5.32 Å². The summed E-state index contributed by atoms with van der Waals surface area (Å²) in [5, 5.41) is 2.69. The second-order valence-corrected chi connectivity index (χ2v) is 5.29. The molecule has 0 bridgehead atoms. The maximum absolute atomic E-state index is 13.0. The van der Waals surface area contributed by atoms with E-state index in [9.17, 15) is 18.0 Å².